The molecule has 8 heteroatoms. The normalized spacial score (nSPS) is 18.5. The minimum atomic E-state index is -0.391. The van der Waals surface area contributed by atoms with Gasteiger partial charge in [0.05, 0.1) is 13.7 Å². The molecule has 37 heavy (non-hydrogen) atoms. The van der Waals surface area contributed by atoms with Crippen molar-refractivity contribution in [3.63, 3.8) is 0 Å². The third-order valence-corrected chi connectivity index (χ3v) is 7.27. The van der Waals surface area contributed by atoms with Gasteiger partial charge in [-0.1, -0.05) is 12.1 Å². The number of carbonyl (C=O) groups is 2. The van der Waals surface area contributed by atoms with Crippen LogP contribution in [0.2, 0.25) is 0 Å². The molecule has 0 aromatic heterocycles. The minimum Gasteiger partial charge on any atom is -0.497 e. The molecule has 0 saturated carbocycles. The number of methoxy groups -OCH3 is 1. The highest BCUT2D eigenvalue weighted by atomic mass is 16.6. The lowest BCUT2D eigenvalue weighted by Crippen LogP contribution is -2.58. The van der Waals surface area contributed by atoms with Crippen molar-refractivity contribution in [3.05, 3.63) is 54.1 Å². The van der Waals surface area contributed by atoms with Crippen molar-refractivity contribution in [2.45, 2.75) is 38.6 Å². The number of hydrogen-bond acceptors (Lipinski definition) is 7. The second-order valence-corrected chi connectivity index (χ2v) is 9.66. The fraction of sp³-hybridized carbons (Fsp3) is 0.517. The van der Waals surface area contributed by atoms with Crippen LogP contribution >= 0.6 is 0 Å². The van der Waals surface area contributed by atoms with Crippen LogP contribution < -0.4 is 19.7 Å². The maximum absolute atomic E-state index is 13.8. The molecule has 2 aromatic carbocycles. The van der Waals surface area contributed by atoms with Crippen LogP contribution in [0.3, 0.4) is 0 Å². The van der Waals surface area contributed by atoms with Gasteiger partial charge in [-0.3, -0.25) is 4.79 Å². The van der Waals surface area contributed by atoms with Crippen LogP contribution in [-0.4, -0.2) is 75.9 Å². The SMILES string of the molecule is CCOC(=O)COc1ccc(N2CCN(CCC3CCNCC3)C(=O)C2Cc2ccc(OC)cc2)cc1. The predicted molar refractivity (Wildman–Crippen MR) is 143 cm³/mol. The van der Waals surface area contributed by atoms with E-state index in [9.17, 15) is 9.59 Å². The summed E-state index contributed by atoms with van der Waals surface area (Å²) < 4.78 is 15.8. The third kappa shape index (κ3) is 7.38. The van der Waals surface area contributed by atoms with Crippen LogP contribution in [0, 0.1) is 5.92 Å². The van der Waals surface area contributed by atoms with Gasteiger partial charge >= 0.3 is 5.97 Å². The Hall–Kier alpha value is -3.26. The first-order valence-electron chi connectivity index (χ1n) is 13.3. The zero-order valence-corrected chi connectivity index (χ0v) is 22.0. The number of benzene rings is 2. The average Bonchev–Trinajstić information content (AvgIpc) is 2.94. The van der Waals surface area contributed by atoms with Gasteiger partial charge in [0.2, 0.25) is 5.91 Å². The van der Waals surface area contributed by atoms with Crippen LogP contribution in [0.4, 0.5) is 5.69 Å². The standard InChI is InChI=1S/C29H39N3O5/c1-3-36-28(33)21-37-26-10-6-24(7-11-26)32-19-18-31(17-14-22-12-15-30-16-13-22)29(34)27(32)20-23-4-8-25(35-2)9-5-23/h4-11,22,27,30H,3,12-21H2,1-2H3. The molecule has 2 saturated heterocycles. The molecule has 8 nitrogen and oxygen atoms in total. The molecule has 0 aliphatic carbocycles. The topological polar surface area (TPSA) is 80.3 Å². The lowest BCUT2D eigenvalue weighted by Gasteiger charge is -2.42. The summed E-state index contributed by atoms with van der Waals surface area (Å²) in [6.45, 7) is 6.42. The number of nitrogens with one attached hydrogen (secondary N) is 1. The Balaban J connectivity index is 1.46. The van der Waals surface area contributed by atoms with Gasteiger partial charge in [-0.05, 0) is 87.2 Å². The molecule has 0 radical (unpaired) electrons. The molecule has 1 amide bonds. The molecule has 2 aliphatic rings. The Bertz CT molecular complexity index is 1010. The molecule has 0 bridgehead atoms. The van der Waals surface area contributed by atoms with Crippen molar-refractivity contribution in [1.82, 2.24) is 10.2 Å². The van der Waals surface area contributed by atoms with Gasteiger partial charge in [-0.25, -0.2) is 4.79 Å². The summed E-state index contributed by atoms with van der Waals surface area (Å²) >= 11 is 0. The molecular formula is C29H39N3O5. The maximum Gasteiger partial charge on any atom is 0.344 e. The molecule has 0 spiro atoms. The summed E-state index contributed by atoms with van der Waals surface area (Å²) in [7, 11) is 1.65. The molecule has 2 fully saturated rings. The first-order valence-corrected chi connectivity index (χ1v) is 13.3. The van der Waals surface area contributed by atoms with Gasteiger partial charge in [0, 0.05) is 31.7 Å². The third-order valence-electron chi connectivity index (χ3n) is 7.27. The number of carbonyl (C=O) groups excluding carboxylic acids is 2. The highest BCUT2D eigenvalue weighted by Gasteiger charge is 2.35. The molecule has 1 unspecified atom stereocenters. The van der Waals surface area contributed by atoms with Gasteiger partial charge < -0.3 is 29.3 Å². The van der Waals surface area contributed by atoms with E-state index in [1.54, 1.807) is 14.0 Å². The second kappa shape index (κ2) is 13.3. The molecule has 1 atom stereocenters. The van der Waals surface area contributed by atoms with Crippen molar-refractivity contribution in [3.8, 4) is 11.5 Å². The van der Waals surface area contributed by atoms with Crippen LogP contribution in [0.25, 0.3) is 0 Å². The lowest BCUT2D eigenvalue weighted by molar-refractivity contribution is -0.145. The van der Waals surface area contributed by atoms with Crippen LogP contribution in [0.15, 0.2) is 48.5 Å². The van der Waals surface area contributed by atoms with E-state index in [1.165, 1.54) is 12.8 Å². The smallest absolute Gasteiger partial charge is 0.344 e. The highest BCUT2D eigenvalue weighted by molar-refractivity contribution is 5.87. The van der Waals surface area contributed by atoms with Crippen LogP contribution in [0.1, 0.15) is 31.7 Å². The lowest BCUT2D eigenvalue weighted by atomic mass is 9.94. The zero-order valence-electron chi connectivity index (χ0n) is 22.0. The number of nitrogens with zero attached hydrogens (tertiary/aromatic N) is 2. The minimum absolute atomic E-state index is 0.124. The van der Waals surface area contributed by atoms with E-state index < -0.39 is 5.97 Å². The van der Waals surface area contributed by atoms with Gasteiger partial charge in [0.15, 0.2) is 6.61 Å². The van der Waals surface area contributed by atoms with Crippen molar-refractivity contribution >= 4 is 17.6 Å². The quantitative estimate of drug-likeness (QED) is 0.466. The van der Waals surface area contributed by atoms with Gasteiger partial charge in [0.25, 0.3) is 0 Å². The predicted octanol–water partition coefficient (Wildman–Crippen LogP) is 3.29. The monoisotopic (exact) mass is 509 g/mol. The molecule has 2 aromatic rings. The fourth-order valence-corrected chi connectivity index (χ4v) is 5.14. The Morgan fingerprint density at radius 2 is 1.70 bits per heavy atom. The summed E-state index contributed by atoms with van der Waals surface area (Å²) in [5, 5.41) is 3.42. The Kier molecular flexibility index (Phi) is 9.65. The van der Waals surface area contributed by atoms with E-state index in [2.05, 4.69) is 15.1 Å². The van der Waals surface area contributed by atoms with E-state index in [1.807, 2.05) is 48.5 Å². The summed E-state index contributed by atoms with van der Waals surface area (Å²) in [5.74, 6) is 1.87. The molecular weight excluding hydrogens is 470 g/mol. The highest BCUT2D eigenvalue weighted by Crippen LogP contribution is 2.27. The van der Waals surface area contributed by atoms with E-state index in [-0.39, 0.29) is 18.6 Å². The molecule has 2 heterocycles. The number of piperazine rings is 1. The largest absolute Gasteiger partial charge is 0.497 e. The maximum atomic E-state index is 13.8. The van der Waals surface area contributed by atoms with Crippen LogP contribution in [-0.2, 0) is 20.7 Å². The number of esters is 1. The Labute approximate surface area is 219 Å². The number of rotatable bonds is 11. The number of piperidine rings is 1. The van der Waals surface area contributed by atoms with Gasteiger partial charge in [-0.15, -0.1) is 0 Å². The molecule has 2 aliphatic heterocycles. The number of amides is 1. The van der Waals surface area contributed by atoms with E-state index >= 15 is 0 Å². The summed E-state index contributed by atoms with van der Waals surface area (Å²) in [4.78, 5) is 29.6. The van der Waals surface area contributed by atoms with Gasteiger partial charge in [0.1, 0.15) is 17.5 Å². The van der Waals surface area contributed by atoms with Crippen molar-refractivity contribution in [2.75, 3.05) is 57.9 Å². The second-order valence-electron chi connectivity index (χ2n) is 9.66. The fourth-order valence-electron chi connectivity index (χ4n) is 5.14. The van der Waals surface area contributed by atoms with Crippen molar-refractivity contribution < 1.29 is 23.8 Å². The van der Waals surface area contributed by atoms with Crippen molar-refractivity contribution in [2.24, 2.45) is 5.92 Å². The van der Waals surface area contributed by atoms with E-state index in [4.69, 9.17) is 14.2 Å². The van der Waals surface area contributed by atoms with E-state index in [0.29, 0.717) is 31.2 Å². The molecule has 200 valence electrons. The van der Waals surface area contributed by atoms with Crippen molar-refractivity contribution in [1.29, 1.82) is 0 Å². The first kappa shape index (κ1) is 26.8. The zero-order chi connectivity index (χ0) is 26.0. The molecule has 4 rings (SSSR count). The number of hydrogen-bond donors (Lipinski definition) is 1. The Morgan fingerprint density at radius 3 is 2.38 bits per heavy atom. The summed E-state index contributed by atoms with van der Waals surface area (Å²) in [5.41, 5.74) is 2.06. The molecule has 1 N–H and O–H groups in total. The van der Waals surface area contributed by atoms with Gasteiger partial charge in [-0.2, -0.15) is 0 Å². The summed E-state index contributed by atoms with van der Waals surface area (Å²) in [6, 6.07) is 15.3. The Morgan fingerprint density at radius 1 is 1.00 bits per heavy atom. The average molecular weight is 510 g/mol. The summed E-state index contributed by atoms with van der Waals surface area (Å²) in [6.07, 6.45) is 4.06. The number of ether oxygens (including phenoxy) is 3. The number of anilines is 1. The first-order chi connectivity index (χ1) is 18.1. The van der Waals surface area contributed by atoms with E-state index in [0.717, 1.165) is 49.6 Å². The van der Waals surface area contributed by atoms with Crippen LogP contribution in [0.5, 0.6) is 11.5 Å².